The number of hydrogen-bond acceptors (Lipinski definition) is 3. The van der Waals surface area contributed by atoms with Crippen molar-refractivity contribution in [1.82, 2.24) is 0 Å². The van der Waals surface area contributed by atoms with Gasteiger partial charge in [-0.05, 0) is 23.8 Å². The van der Waals surface area contributed by atoms with E-state index in [1.807, 2.05) is 19.1 Å². The van der Waals surface area contributed by atoms with Gasteiger partial charge >= 0.3 is 5.97 Å². The van der Waals surface area contributed by atoms with E-state index in [2.05, 4.69) is 4.99 Å². The molecule has 82 valence electrons. The smallest absolute Gasteiger partial charge is 0.363 e. The molecule has 1 aliphatic rings. The molecule has 1 aromatic rings. The first-order chi connectivity index (χ1) is 7.69. The average molecular weight is 236 g/mol. The highest BCUT2D eigenvalue weighted by atomic mass is 35.5. The molecule has 4 heteroatoms. The van der Waals surface area contributed by atoms with E-state index in [-0.39, 0.29) is 0 Å². The third-order valence-corrected chi connectivity index (χ3v) is 2.35. The number of halogens is 1. The van der Waals surface area contributed by atoms with E-state index in [9.17, 15) is 4.79 Å². The van der Waals surface area contributed by atoms with E-state index in [0.717, 1.165) is 5.56 Å². The van der Waals surface area contributed by atoms with Crippen LogP contribution in [-0.4, -0.2) is 11.9 Å². The van der Waals surface area contributed by atoms with Gasteiger partial charge in [0.1, 0.15) is 0 Å². The second-order valence-corrected chi connectivity index (χ2v) is 3.77. The molecule has 1 aliphatic heterocycles. The van der Waals surface area contributed by atoms with Gasteiger partial charge in [0.25, 0.3) is 0 Å². The van der Waals surface area contributed by atoms with Gasteiger partial charge in [-0.1, -0.05) is 30.7 Å². The number of ether oxygens (including phenoxy) is 1. The van der Waals surface area contributed by atoms with Crippen LogP contribution in [0.25, 0.3) is 6.08 Å². The molecule has 0 atom stereocenters. The summed E-state index contributed by atoms with van der Waals surface area (Å²) in [7, 11) is 0. The van der Waals surface area contributed by atoms with Crippen LogP contribution in [0.5, 0.6) is 0 Å². The largest absolute Gasteiger partial charge is 0.407 e. The highest BCUT2D eigenvalue weighted by molar-refractivity contribution is 6.30. The molecular formula is C12H10ClNO2. The number of esters is 1. The van der Waals surface area contributed by atoms with Crippen molar-refractivity contribution in [3.63, 3.8) is 0 Å². The molecule has 3 nitrogen and oxygen atoms in total. The van der Waals surface area contributed by atoms with Gasteiger partial charge in [-0.3, -0.25) is 0 Å². The van der Waals surface area contributed by atoms with Gasteiger partial charge < -0.3 is 4.74 Å². The summed E-state index contributed by atoms with van der Waals surface area (Å²) < 4.78 is 4.94. The number of aliphatic imine (C=N–C) groups is 1. The number of carbonyl (C=O) groups is 1. The fourth-order valence-corrected chi connectivity index (χ4v) is 1.56. The molecule has 0 saturated heterocycles. The first kappa shape index (κ1) is 10.9. The second kappa shape index (κ2) is 4.49. The molecular weight excluding hydrogens is 226 g/mol. The van der Waals surface area contributed by atoms with Crippen molar-refractivity contribution in [2.75, 3.05) is 0 Å². The zero-order valence-electron chi connectivity index (χ0n) is 8.74. The minimum Gasteiger partial charge on any atom is -0.407 e. The van der Waals surface area contributed by atoms with E-state index < -0.39 is 5.97 Å². The third kappa shape index (κ3) is 2.31. The van der Waals surface area contributed by atoms with Crippen LogP contribution in [-0.2, 0) is 9.53 Å². The van der Waals surface area contributed by atoms with Crippen LogP contribution in [0.1, 0.15) is 18.9 Å². The quantitative estimate of drug-likeness (QED) is 0.584. The Morgan fingerprint density at radius 3 is 2.94 bits per heavy atom. The molecule has 0 bridgehead atoms. The van der Waals surface area contributed by atoms with E-state index in [0.29, 0.717) is 23.0 Å². The van der Waals surface area contributed by atoms with Crippen LogP contribution in [0.3, 0.4) is 0 Å². The van der Waals surface area contributed by atoms with Crippen LogP contribution in [0, 0.1) is 0 Å². The SMILES string of the molecule is CCC1=N/C(=C/c2cccc(Cl)c2)C(=O)O1. The van der Waals surface area contributed by atoms with Crippen molar-refractivity contribution in [2.24, 2.45) is 4.99 Å². The van der Waals surface area contributed by atoms with E-state index >= 15 is 0 Å². The summed E-state index contributed by atoms with van der Waals surface area (Å²) in [6.07, 6.45) is 2.27. The number of carbonyl (C=O) groups excluding carboxylic acids is 1. The molecule has 2 rings (SSSR count). The summed E-state index contributed by atoms with van der Waals surface area (Å²) >= 11 is 5.84. The van der Waals surface area contributed by atoms with E-state index in [4.69, 9.17) is 16.3 Å². The van der Waals surface area contributed by atoms with Crippen LogP contribution >= 0.6 is 11.6 Å². The first-order valence-electron chi connectivity index (χ1n) is 4.96. The molecule has 0 aromatic heterocycles. The second-order valence-electron chi connectivity index (χ2n) is 3.33. The summed E-state index contributed by atoms with van der Waals surface area (Å²) in [4.78, 5) is 15.5. The zero-order chi connectivity index (χ0) is 11.5. The van der Waals surface area contributed by atoms with Gasteiger partial charge in [-0.15, -0.1) is 0 Å². The van der Waals surface area contributed by atoms with Crippen molar-refractivity contribution >= 4 is 29.5 Å². The van der Waals surface area contributed by atoms with Crippen LogP contribution < -0.4 is 0 Å². The van der Waals surface area contributed by atoms with Gasteiger partial charge in [0, 0.05) is 11.4 Å². The van der Waals surface area contributed by atoms with Gasteiger partial charge in [0.05, 0.1) is 0 Å². The van der Waals surface area contributed by atoms with Gasteiger partial charge in [-0.25, -0.2) is 9.79 Å². The Morgan fingerprint density at radius 1 is 1.50 bits per heavy atom. The highest BCUT2D eigenvalue weighted by Crippen LogP contribution is 2.18. The molecule has 0 spiro atoms. The Hall–Kier alpha value is -1.61. The van der Waals surface area contributed by atoms with E-state index in [1.165, 1.54) is 0 Å². The Kier molecular flexibility index (Phi) is 3.06. The monoisotopic (exact) mass is 235 g/mol. The minimum atomic E-state index is -0.406. The molecule has 0 fully saturated rings. The predicted molar refractivity (Wildman–Crippen MR) is 63.2 cm³/mol. The highest BCUT2D eigenvalue weighted by Gasteiger charge is 2.21. The molecule has 0 radical (unpaired) electrons. The van der Waals surface area contributed by atoms with Crippen molar-refractivity contribution in [1.29, 1.82) is 0 Å². The van der Waals surface area contributed by atoms with Crippen LogP contribution in [0.15, 0.2) is 35.0 Å². The molecule has 0 saturated carbocycles. The lowest BCUT2D eigenvalue weighted by Crippen LogP contribution is -2.02. The molecule has 0 amide bonds. The van der Waals surface area contributed by atoms with Crippen LogP contribution in [0.2, 0.25) is 5.02 Å². The summed E-state index contributed by atoms with van der Waals surface area (Å²) in [5.74, 6) is 0.0510. The normalized spacial score (nSPS) is 17.5. The van der Waals surface area contributed by atoms with Crippen molar-refractivity contribution in [2.45, 2.75) is 13.3 Å². The van der Waals surface area contributed by atoms with Crippen LogP contribution in [0.4, 0.5) is 0 Å². The van der Waals surface area contributed by atoms with E-state index in [1.54, 1.807) is 18.2 Å². The Labute approximate surface area is 98.4 Å². The van der Waals surface area contributed by atoms with Gasteiger partial charge in [0.2, 0.25) is 0 Å². The summed E-state index contributed by atoms with van der Waals surface area (Å²) in [6, 6.07) is 7.21. The zero-order valence-corrected chi connectivity index (χ0v) is 9.49. The fraction of sp³-hybridized carbons (Fsp3) is 0.167. The lowest BCUT2D eigenvalue weighted by atomic mass is 10.2. The molecule has 0 aliphatic carbocycles. The number of cyclic esters (lactones) is 1. The first-order valence-corrected chi connectivity index (χ1v) is 5.34. The fourth-order valence-electron chi connectivity index (χ4n) is 1.36. The number of rotatable bonds is 2. The summed E-state index contributed by atoms with van der Waals surface area (Å²) in [6.45, 7) is 1.88. The maximum Gasteiger partial charge on any atom is 0.363 e. The van der Waals surface area contributed by atoms with Crippen molar-refractivity contribution < 1.29 is 9.53 Å². The number of benzene rings is 1. The van der Waals surface area contributed by atoms with Gasteiger partial charge in [0.15, 0.2) is 11.6 Å². The standard InChI is InChI=1S/C12H10ClNO2/c1-2-11-14-10(12(15)16-11)7-8-4-3-5-9(13)6-8/h3-7H,2H2,1H3/b10-7+. The van der Waals surface area contributed by atoms with Crippen molar-refractivity contribution in [3.05, 3.63) is 40.5 Å². The lowest BCUT2D eigenvalue weighted by Gasteiger charge is -1.94. The Bertz CT molecular complexity index is 492. The van der Waals surface area contributed by atoms with Crippen molar-refractivity contribution in [3.8, 4) is 0 Å². The average Bonchev–Trinajstić information content (AvgIpc) is 2.60. The maximum absolute atomic E-state index is 11.4. The molecule has 16 heavy (non-hydrogen) atoms. The molecule has 0 unspecified atom stereocenters. The predicted octanol–water partition coefficient (Wildman–Crippen LogP) is 3.05. The Morgan fingerprint density at radius 2 is 2.31 bits per heavy atom. The third-order valence-electron chi connectivity index (χ3n) is 2.12. The number of nitrogens with zero attached hydrogens (tertiary/aromatic N) is 1. The Balaban J connectivity index is 2.31. The lowest BCUT2D eigenvalue weighted by molar-refractivity contribution is -0.130. The summed E-state index contributed by atoms with van der Waals surface area (Å²) in [5, 5.41) is 0.625. The molecule has 1 aromatic carbocycles. The topological polar surface area (TPSA) is 38.7 Å². The minimum absolute atomic E-state index is 0.319. The number of hydrogen-bond donors (Lipinski definition) is 0. The molecule has 0 N–H and O–H groups in total. The molecule has 1 heterocycles. The maximum atomic E-state index is 11.4. The summed E-state index contributed by atoms with van der Waals surface area (Å²) in [5.41, 5.74) is 1.15. The van der Waals surface area contributed by atoms with Gasteiger partial charge in [-0.2, -0.15) is 0 Å².